The Kier molecular flexibility index (Phi) is 4.69. The molecule has 0 aliphatic rings. The zero-order valence-corrected chi connectivity index (χ0v) is 12.8. The van der Waals surface area contributed by atoms with E-state index in [-0.39, 0.29) is 24.6 Å². The number of carbonyl (C=O) groups excluding carboxylic acids is 2. The Bertz CT molecular complexity index is 757. The van der Waals surface area contributed by atoms with E-state index in [4.69, 9.17) is 0 Å². The van der Waals surface area contributed by atoms with Gasteiger partial charge in [-0.05, 0) is 18.2 Å². The first-order valence-electron chi connectivity index (χ1n) is 6.13. The van der Waals surface area contributed by atoms with Gasteiger partial charge in [0.2, 0.25) is 11.8 Å². The number of nitrogens with zero attached hydrogens (tertiary/aromatic N) is 2. The number of fused-ring (bicyclic) bond motifs is 1. The number of rotatable bonds is 4. The summed E-state index contributed by atoms with van der Waals surface area (Å²) < 4.78 is 1.96. The Hall–Kier alpha value is -2.22. The number of hydrogen-bond acceptors (Lipinski definition) is 4. The van der Waals surface area contributed by atoms with Gasteiger partial charge in [-0.1, -0.05) is 15.9 Å². The van der Waals surface area contributed by atoms with E-state index in [0.29, 0.717) is 10.9 Å². The minimum Gasteiger partial charge on any atom is -0.358 e. The molecule has 8 heteroatoms. The van der Waals surface area contributed by atoms with E-state index in [1.165, 1.54) is 17.9 Å². The van der Waals surface area contributed by atoms with E-state index in [0.717, 1.165) is 4.47 Å². The molecule has 0 saturated carbocycles. The first kappa shape index (κ1) is 15.2. The molecule has 0 atom stereocenters. The van der Waals surface area contributed by atoms with Crippen LogP contribution in [0.1, 0.15) is 0 Å². The average Bonchev–Trinajstić information content (AvgIpc) is 2.48. The number of halogens is 1. The van der Waals surface area contributed by atoms with E-state index in [2.05, 4.69) is 31.5 Å². The number of aromatic nitrogens is 2. The van der Waals surface area contributed by atoms with Gasteiger partial charge in [-0.15, -0.1) is 0 Å². The van der Waals surface area contributed by atoms with Gasteiger partial charge >= 0.3 is 0 Å². The van der Waals surface area contributed by atoms with Gasteiger partial charge in [0.15, 0.2) is 0 Å². The van der Waals surface area contributed by atoms with E-state index in [9.17, 15) is 14.4 Å². The Balaban J connectivity index is 2.19. The molecular formula is C13H13BrN4O3. The standard InChI is InChI=1S/C13H13BrN4O3/c1-15-11(19)5-16-12(20)6-18-7-17-10-3-2-8(14)4-9(10)13(18)21/h2-4,7H,5-6H2,1H3,(H,15,19)(H,16,20). The normalized spacial score (nSPS) is 10.4. The van der Waals surface area contributed by atoms with Gasteiger partial charge in [-0.25, -0.2) is 4.98 Å². The van der Waals surface area contributed by atoms with Crippen LogP contribution in [0, 0.1) is 0 Å². The molecule has 2 amide bonds. The van der Waals surface area contributed by atoms with Crippen LogP contribution in [0.15, 0.2) is 33.8 Å². The molecule has 1 aromatic carbocycles. The maximum absolute atomic E-state index is 12.3. The molecule has 21 heavy (non-hydrogen) atoms. The highest BCUT2D eigenvalue weighted by atomic mass is 79.9. The maximum Gasteiger partial charge on any atom is 0.261 e. The summed E-state index contributed by atoms with van der Waals surface area (Å²) in [7, 11) is 1.48. The van der Waals surface area contributed by atoms with E-state index < -0.39 is 5.91 Å². The summed E-state index contributed by atoms with van der Waals surface area (Å²) in [6.45, 7) is -0.318. The molecule has 0 aliphatic carbocycles. The van der Waals surface area contributed by atoms with Crippen LogP contribution in [0.25, 0.3) is 10.9 Å². The zero-order valence-electron chi connectivity index (χ0n) is 11.2. The second-order valence-corrected chi connectivity index (χ2v) is 5.20. The van der Waals surface area contributed by atoms with Crippen LogP contribution in [-0.4, -0.2) is 35.0 Å². The van der Waals surface area contributed by atoms with Crippen molar-refractivity contribution in [2.24, 2.45) is 0 Å². The molecule has 0 aliphatic heterocycles. The van der Waals surface area contributed by atoms with Crippen molar-refractivity contribution < 1.29 is 9.59 Å². The molecule has 2 N–H and O–H groups in total. The minimum atomic E-state index is -0.433. The van der Waals surface area contributed by atoms with Crippen molar-refractivity contribution in [2.45, 2.75) is 6.54 Å². The summed E-state index contributed by atoms with van der Waals surface area (Å²) in [6, 6.07) is 5.16. The quantitative estimate of drug-likeness (QED) is 0.811. The van der Waals surface area contributed by atoms with Crippen LogP contribution in [0.3, 0.4) is 0 Å². The fourth-order valence-corrected chi connectivity index (χ4v) is 2.08. The first-order valence-corrected chi connectivity index (χ1v) is 6.92. The first-order chi connectivity index (χ1) is 10.0. The lowest BCUT2D eigenvalue weighted by Crippen LogP contribution is -2.38. The summed E-state index contributed by atoms with van der Waals surface area (Å²) in [6.07, 6.45) is 1.32. The molecule has 0 fully saturated rings. The molecule has 0 saturated heterocycles. The lowest BCUT2D eigenvalue weighted by molar-refractivity contribution is -0.126. The van der Waals surface area contributed by atoms with Crippen LogP contribution in [0.5, 0.6) is 0 Å². The Labute approximate surface area is 128 Å². The minimum absolute atomic E-state index is 0.128. The van der Waals surface area contributed by atoms with Crippen LogP contribution >= 0.6 is 15.9 Å². The highest BCUT2D eigenvalue weighted by Crippen LogP contribution is 2.14. The van der Waals surface area contributed by atoms with Gasteiger partial charge in [0.25, 0.3) is 5.56 Å². The van der Waals surface area contributed by atoms with Crippen LogP contribution < -0.4 is 16.2 Å². The SMILES string of the molecule is CNC(=O)CNC(=O)Cn1cnc2ccc(Br)cc2c1=O. The highest BCUT2D eigenvalue weighted by molar-refractivity contribution is 9.10. The van der Waals surface area contributed by atoms with Gasteiger partial charge in [0.1, 0.15) is 6.54 Å². The van der Waals surface area contributed by atoms with Crippen molar-refractivity contribution >= 4 is 38.6 Å². The number of hydrogen-bond donors (Lipinski definition) is 2. The van der Waals surface area contributed by atoms with Crippen LogP contribution in [0.4, 0.5) is 0 Å². The molecular weight excluding hydrogens is 340 g/mol. The van der Waals surface area contributed by atoms with E-state index in [1.54, 1.807) is 18.2 Å². The number of carbonyl (C=O) groups is 2. The van der Waals surface area contributed by atoms with Gasteiger partial charge in [0, 0.05) is 11.5 Å². The zero-order chi connectivity index (χ0) is 15.4. The van der Waals surface area contributed by atoms with E-state index >= 15 is 0 Å². The molecule has 110 valence electrons. The van der Waals surface area contributed by atoms with Gasteiger partial charge in [-0.2, -0.15) is 0 Å². The molecule has 0 radical (unpaired) electrons. The molecule has 0 spiro atoms. The van der Waals surface area contributed by atoms with Crippen molar-refractivity contribution in [3.05, 3.63) is 39.4 Å². The molecule has 2 aromatic rings. The maximum atomic E-state index is 12.3. The third-order valence-electron chi connectivity index (χ3n) is 2.82. The van der Waals surface area contributed by atoms with Crippen molar-refractivity contribution in [1.29, 1.82) is 0 Å². The largest absolute Gasteiger partial charge is 0.358 e. The smallest absolute Gasteiger partial charge is 0.261 e. The van der Waals surface area contributed by atoms with Crippen molar-refractivity contribution in [3.63, 3.8) is 0 Å². The fraction of sp³-hybridized carbons (Fsp3) is 0.231. The monoisotopic (exact) mass is 352 g/mol. The third kappa shape index (κ3) is 3.66. The van der Waals surface area contributed by atoms with Gasteiger partial charge < -0.3 is 10.6 Å². The van der Waals surface area contributed by atoms with Crippen molar-refractivity contribution in [2.75, 3.05) is 13.6 Å². The summed E-state index contributed by atoms with van der Waals surface area (Å²) in [5, 5.41) is 5.23. The van der Waals surface area contributed by atoms with Crippen molar-refractivity contribution in [1.82, 2.24) is 20.2 Å². The Morgan fingerprint density at radius 1 is 1.33 bits per heavy atom. The second kappa shape index (κ2) is 6.49. The van der Waals surface area contributed by atoms with Gasteiger partial charge in [0.05, 0.1) is 23.8 Å². The molecule has 1 aromatic heterocycles. The van der Waals surface area contributed by atoms with Crippen LogP contribution in [0.2, 0.25) is 0 Å². The third-order valence-corrected chi connectivity index (χ3v) is 3.32. The molecule has 0 unspecified atom stereocenters. The van der Waals surface area contributed by atoms with Crippen LogP contribution in [-0.2, 0) is 16.1 Å². The molecule has 1 heterocycles. The summed E-state index contributed by atoms with van der Waals surface area (Å²) in [4.78, 5) is 39.1. The number of nitrogens with one attached hydrogen (secondary N) is 2. The number of benzene rings is 1. The highest BCUT2D eigenvalue weighted by Gasteiger charge is 2.09. The Morgan fingerprint density at radius 2 is 2.10 bits per heavy atom. The summed E-state index contributed by atoms with van der Waals surface area (Å²) >= 11 is 3.29. The molecule has 2 rings (SSSR count). The second-order valence-electron chi connectivity index (χ2n) is 4.29. The Morgan fingerprint density at radius 3 is 2.81 bits per heavy atom. The van der Waals surface area contributed by atoms with Crippen molar-refractivity contribution in [3.8, 4) is 0 Å². The van der Waals surface area contributed by atoms with Gasteiger partial charge in [-0.3, -0.25) is 19.0 Å². The topological polar surface area (TPSA) is 93.1 Å². The van der Waals surface area contributed by atoms with E-state index in [1.807, 2.05) is 0 Å². The number of amides is 2. The average molecular weight is 353 g/mol. The predicted molar refractivity (Wildman–Crippen MR) is 80.8 cm³/mol. The fourth-order valence-electron chi connectivity index (χ4n) is 1.72. The lowest BCUT2D eigenvalue weighted by Gasteiger charge is -2.07. The lowest BCUT2D eigenvalue weighted by atomic mass is 10.2. The number of likely N-dealkylation sites (N-methyl/N-ethyl adjacent to an activating group) is 1. The summed E-state index contributed by atoms with van der Waals surface area (Å²) in [5.74, 6) is -0.742. The predicted octanol–water partition coefficient (Wildman–Crippen LogP) is 0.0212. The summed E-state index contributed by atoms with van der Waals surface area (Å²) in [5.41, 5.74) is 0.251. The molecule has 7 nitrogen and oxygen atoms in total. The molecule has 0 bridgehead atoms.